The summed E-state index contributed by atoms with van der Waals surface area (Å²) in [4.78, 5) is 0. The van der Waals surface area contributed by atoms with Gasteiger partial charge in [0.1, 0.15) is 5.75 Å². The topological polar surface area (TPSA) is 21.3 Å². The van der Waals surface area contributed by atoms with Gasteiger partial charge < -0.3 is 10.1 Å². The second-order valence-corrected chi connectivity index (χ2v) is 5.17. The van der Waals surface area contributed by atoms with Crippen LogP contribution in [0.1, 0.15) is 26.7 Å². The van der Waals surface area contributed by atoms with Gasteiger partial charge in [-0.2, -0.15) is 0 Å². The molecule has 0 fully saturated rings. The minimum Gasteiger partial charge on any atom is -0.496 e. The van der Waals surface area contributed by atoms with Crippen molar-refractivity contribution in [2.24, 2.45) is 5.92 Å². The van der Waals surface area contributed by atoms with Crippen LogP contribution in [0.25, 0.3) is 0 Å². The summed E-state index contributed by atoms with van der Waals surface area (Å²) in [6, 6.07) is 6.06. The Morgan fingerprint density at radius 1 is 1.38 bits per heavy atom. The molecule has 3 heteroatoms. The lowest BCUT2D eigenvalue weighted by Crippen LogP contribution is -2.03. The van der Waals surface area contributed by atoms with Crippen molar-refractivity contribution < 1.29 is 4.74 Å². The van der Waals surface area contributed by atoms with Gasteiger partial charge in [-0.05, 0) is 52.9 Å². The van der Waals surface area contributed by atoms with Gasteiger partial charge in [0.2, 0.25) is 0 Å². The Kier molecular flexibility index (Phi) is 5.67. The van der Waals surface area contributed by atoms with Gasteiger partial charge in [-0.25, -0.2) is 0 Å². The quantitative estimate of drug-likeness (QED) is 0.787. The third-order valence-electron chi connectivity index (χ3n) is 2.44. The molecule has 0 aliphatic rings. The molecular weight excluding hydrogens is 266 g/mol. The predicted molar refractivity (Wildman–Crippen MR) is 73.3 cm³/mol. The van der Waals surface area contributed by atoms with Crippen molar-refractivity contribution in [3.63, 3.8) is 0 Å². The molecule has 0 atom stereocenters. The van der Waals surface area contributed by atoms with Gasteiger partial charge in [-0.3, -0.25) is 0 Å². The first-order valence-corrected chi connectivity index (χ1v) is 6.50. The van der Waals surface area contributed by atoms with Crippen LogP contribution in [0.15, 0.2) is 22.7 Å². The fraction of sp³-hybridized carbons (Fsp3) is 0.538. The highest BCUT2D eigenvalue weighted by molar-refractivity contribution is 9.10. The number of ether oxygens (including phenoxy) is 1. The van der Waals surface area contributed by atoms with E-state index in [-0.39, 0.29) is 0 Å². The van der Waals surface area contributed by atoms with Crippen molar-refractivity contribution in [3.8, 4) is 5.75 Å². The van der Waals surface area contributed by atoms with E-state index in [1.54, 1.807) is 7.11 Å². The number of halogens is 1. The van der Waals surface area contributed by atoms with Crippen LogP contribution in [-0.2, 0) is 0 Å². The molecule has 0 saturated heterocycles. The molecule has 1 aromatic carbocycles. The Morgan fingerprint density at radius 2 is 2.12 bits per heavy atom. The first kappa shape index (κ1) is 13.4. The average Bonchev–Trinajstić information content (AvgIpc) is 2.24. The summed E-state index contributed by atoms with van der Waals surface area (Å²) in [6.07, 6.45) is 2.48. The number of rotatable bonds is 6. The molecule has 0 bridgehead atoms. The number of anilines is 1. The summed E-state index contributed by atoms with van der Waals surface area (Å²) in [6.45, 7) is 5.53. The van der Waals surface area contributed by atoms with E-state index in [9.17, 15) is 0 Å². The number of hydrogen-bond donors (Lipinski definition) is 1. The third kappa shape index (κ3) is 4.44. The van der Waals surface area contributed by atoms with Crippen molar-refractivity contribution in [1.82, 2.24) is 0 Å². The molecule has 16 heavy (non-hydrogen) atoms. The fourth-order valence-corrected chi connectivity index (χ4v) is 2.06. The van der Waals surface area contributed by atoms with Crippen LogP contribution < -0.4 is 10.1 Å². The minimum atomic E-state index is 0.782. The normalized spacial score (nSPS) is 10.6. The van der Waals surface area contributed by atoms with E-state index < -0.39 is 0 Å². The number of benzene rings is 1. The summed E-state index contributed by atoms with van der Waals surface area (Å²) in [5, 5.41) is 3.41. The molecule has 1 aromatic rings. The highest BCUT2D eigenvalue weighted by atomic mass is 79.9. The zero-order valence-corrected chi connectivity index (χ0v) is 11.8. The van der Waals surface area contributed by atoms with Crippen LogP contribution in [0.3, 0.4) is 0 Å². The van der Waals surface area contributed by atoms with Gasteiger partial charge in [0.25, 0.3) is 0 Å². The van der Waals surface area contributed by atoms with Crippen LogP contribution in [0.2, 0.25) is 0 Å². The van der Waals surface area contributed by atoms with E-state index in [1.165, 1.54) is 12.8 Å². The predicted octanol–water partition coefficient (Wildman–Crippen LogP) is 4.31. The smallest absolute Gasteiger partial charge is 0.133 e. The molecule has 0 radical (unpaired) electrons. The van der Waals surface area contributed by atoms with Gasteiger partial charge >= 0.3 is 0 Å². The molecule has 0 aromatic heterocycles. The Morgan fingerprint density at radius 3 is 2.69 bits per heavy atom. The van der Waals surface area contributed by atoms with Crippen molar-refractivity contribution in [2.75, 3.05) is 19.0 Å². The van der Waals surface area contributed by atoms with E-state index >= 15 is 0 Å². The second-order valence-electron chi connectivity index (χ2n) is 4.31. The standard InChI is InChI=1S/C13H20BrNO/c1-10(2)5-4-8-15-11-6-7-13(16-3)12(14)9-11/h6-7,9-10,15H,4-5,8H2,1-3H3. The maximum atomic E-state index is 5.18. The number of nitrogens with one attached hydrogen (secondary N) is 1. The number of hydrogen-bond acceptors (Lipinski definition) is 2. The zero-order valence-electron chi connectivity index (χ0n) is 10.2. The largest absolute Gasteiger partial charge is 0.496 e. The maximum absolute atomic E-state index is 5.18. The molecule has 0 saturated carbocycles. The van der Waals surface area contributed by atoms with Crippen molar-refractivity contribution in [1.29, 1.82) is 0 Å². The SMILES string of the molecule is COc1ccc(NCCCC(C)C)cc1Br. The van der Waals surface area contributed by atoms with E-state index in [0.717, 1.165) is 28.4 Å². The Labute approximate surface area is 107 Å². The maximum Gasteiger partial charge on any atom is 0.133 e. The molecular formula is C13H20BrNO. The van der Waals surface area contributed by atoms with Crippen LogP contribution in [0, 0.1) is 5.92 Å². The molecule has 1 N–H and O–H groups in total. The summed E-state index contributed by atoms with van der Waals surface area (Å²) < 4.78 is 6.17. The van der Waals surface area contributed by atoms with Crippen LogP contribution in [0.5, 0.6) is 5.75 Å². The van der Waals surface area contributed by atoms with Gasteiger partial charge in [0.05, 0.1) is 11.6 Å². The van der Waals surface area contributed by atoms with E-state index in [4.69, 9.17) is 4.74 Å². The summed E-state index contributed by atoms with van der Waals surface area (Å²) in [5.41, 5.74) is 1.14. The van der Waals surface area contributed by atoms with E-state index in [2.05, 4.69) is 35.1 Å². The fourth-order valence-electron chi connectivity index (χ4n) is 1.52. The van der Waals surface area contributed by atoms with Gasteiger partial charge in [0, 0.05) is 12.2 Å². The summed E-state index contributed by atoms with van der Waals surface area (Å²) in [7, 11) is 1.68. The van der Waals surface area contributed by atoms with Crippen LogP contribution in [-0.4, -0.2) is 13.7 Å². The molecule has 0 heterocycles. The first-order chi connectivity index (χ1) is 7.63. The second kappa shape index (κ2) is 6.79. The Balaban J connectivity index is 2.40. The third-order valence-corrected chi connectivity index (χ3v) is 3.06. The van der Waals surface area contributed by atoms with Gasteiger partial charge in [-0.1, -0.05) is 13.8 Å². The van der Waals surface area contributed by atoms with Gasteiger partial charge in [-0.15, -0.1) is 0 Å². The van der Waals surface area contributed by atoms with Crippen molar-refractivity contribution in [2.45, 2.75) is 26.7 Å². The lowest BCUT2D eigenvalue weighted by Gasteiger charge is -2.09. The highest BCUT2D eigenvalue weighted by Crippen LogP contribution is 2.27. The van der Waals surface area contributed by atoms with Crippen LogP contribution >= 0.6 is 15.9 Å². The summed E-state index contributed by atoms with van der Waals surface area (Å²) >= 11 is 3.47. The van der Waals surface area contributed by atoms with Crippen molar-refractivity contribution in [3.05, 3.63) is 22.7 Å². The van der Waals surface area contributed by atoms with Crippen molar-refractivity contribution >= 4 is 21.6 Å². The molecule has 0 spiro atoms. The first-order valence-electron chi connectivity index (χ1n) is 5.71. The monoisotopic (exact) mass is 285 g/mol. The van der Waals surface area contributed by atoms with E-state index in [0.29, 0.717) is 0 Å². The molecule has 0 amide bonds. The molecule has 90 valence electrons. The Bertz CT molecular complexity index is 326. The molecule has 0 aliphatic carbocycles. The molecule has 1 rings (SSSR count). The Hall–Kier alpha value is -0.700. The number of methoxy groups -OCH3 is 1. The molecule has 0 unspecified atom stereocenters. The van der Waals surface area contributed by atoms with Crippen LogP contribution in [0.4, 0.5) is 5.69 Å². The highest BCUT2D eigenvalue weighted by Gasteiger charge is 2.00. The molecule has 0 aliphatic heterocycles. The average molecular weight is 286 g/mol. The minimum absolute atomic E-state index is 0.782. The van der Waals surface area contributed by atoms with E-state index in [1.807, 2.05) is 18.2 Å². The van der Waals surface area contributed by atoms with Gasteiger partial charge in [0.15, 0.2) is 0 Å². The lowest BCUT2D eigenvalue weighted by atomic mass is 10.1. The zero-order chi connectivity index (χ0) is 12.0. The summed E-state index contributed by atoms with van der Waals surface area (Å²) in [5.74, 6) is 1.65. The lowest BCUT2D eigenvalue weighted by molar-refractivity contribution is 0.412. The molecule has 2 nitrogen and oxygen atoms in total.